The van der Waals surface area contributed by atoms with E-state index >= 15 is 0 Å². The van der Waals surface area contributed by atoms with Crippen LogP contribution in [0, 0.1) is 0 Å². The molecular formula is C12H22N2. The second-order valence-electron chi connectivity index (χ2n) is 4.06. The van der Waals surface area contributed by atoms with Gasteiger partial charge in [-0.2, -0.15) is 0 Å². The largest absolute Gasteiger partial charge is 0.337 e. The van der Waals surface area contributed by atoms with Gasteiger partial charge < -0.3 is 4.57 Å². The van der Waals surface area contributed by atoms with Gasteiger partial charge in [-0.1, -0.05) is 33.1 Å². The fourth-order valence-electron chi connectivity index (χ4n) is 2.00. The predicted octanol–water partition coefficient (Wildman–Crippen LogP) is 3.49. The fraction of sp³-hybridized carbons (Fsp3) is 0.750. The van der Waals surface area contributed by atoms with Crippen LogP contribution in [0.2, 0.25) is 0 Å². The van der Waals surface area contributed by atoms with E-state index in [1.54, 1.807) is 0 Å². The van der Waals surface area contributed by atoms with E-state index in [2.05, 4.69) is 30.4 Å². The summed E-state index contributed by atoms with van der Waals surface area (Å²) in [5.41, 5.74) is 1.40. The van der Waals surface area contributed by atoms with E-state index in [1.807, 2.05) is 12.5 Å². The van der Waals surface area contributed by atoms with E-state index < -0.39 is 0 Å². The molecule has 0 saturated heterocycles. The Balaban J connectivity index is 2.62. The zero-order valence-corrected chi connectivity index (χ0v) is 9.66. The van der Waals surface area contributed by atoms with Crippen molar-refractivity contribution >= 4 is 0 Å². The Labute approximate surface area is 87.4 Å². The van der Waals surface area contributed by atoms with Gasteiger partial charge in [0, 0.05) is 24.9 Å². The summed E-state index contributed by atoms with van der Waals surface area (Å²) in [6.45, 7) is 4.52. The summed E-state index contributed by atoms with van der Waals surface area (Å²) < 4.78 is 2.16. The van der Waals surface area contributed by atoms with Crippen LogP contribution in [0.1, 0.15) is 57.6 Å². The molecule has 0 aliphatic carbocycles. The van der Waals surface area contributed by atoms with Crippen molar-refractivity contribution in [3.8, 4) is 0 Å². The third-order valence-electron chi connectivity index (χ3n) is 2.82. The van der Waals surface area contributed by atoms with Crippen LogP contribution in [-0.4, -0.2) is 9.55 Å². The summed E-state index contributed by atoms with van der Waals surface area (Å²) in [5.74, 6) is 0.715. The summed E-state index contributed by atoms with van der Waals surface area (Å²) in [6, 6.07) is 0. The van der Waals surface area contributed by atoms with Crippen molar-refractivity contribution in [2.75, 3.05) is 0 Å². The lowest BCUT2D eigenvalue weighted by atomic mass is 9.94. The fourth-order valence-corrected chi connectivity index (χ4v) is 2.00. The van der Waals surface area contributed by atoms with Crippen LogP contribution in [0.3, 0.4) is 0 Å². The number of hydrogen-bond acceptors (Lipinski definition) is 1. The van der Waals surface area contributed by atoms with Crippen LogP contribution >= 0.6 is 0 Å². The van der Waals surface area contributed by atoms with E-state index in [4.69, 9.17) is 0 Å². The van der Waals surface area contributed by atoms with E-state index in [9.17, 15) is 0 Å². The molecule has 1 aromatic rings. The first-order valence-electron chi connectivity index (χ1n) is 5.75. The van der Waals surface area contributed by atoms with E-state index in [1.165, 1.54) is 37.8 Å². The first-order valence-corrected chi connectivity index (χ1v) is 5.75. The van der Waals surface area contributed by atoms with Crippen molar-refractivity contribution in [1.82, 2.24) is 9.55 Å². The average molecular weight is 194 g/mol. The molecule has 1 aromatic heterocycles. The molecule has 0 saturated carbocycles. The highest BCUT2D eigenvalue weighted by Gasteiger charge is 2.12. The lowest BCUT2D eigenvalue weighted by Crippen LogP contribution is -2.04. The van der Waals surface area contributed by atoms with Crippen LogP contribution in [0.25, 0.3) is 0 Å². The predicted molar refractivity (Wildman–Crippen MR) is 60.4 cm³/mol. The second-order valence-corrected chi connectivity index (χ2v) is 4.06. The molecule has 1 atom stereocenters. The van der Waals surface area contributed by atoms with E-state index in [0.717, 1.165) is 0 Å². The van der Waals surface area contributed by atoms with Gasteiger partial charge in [-0.3, -0.25) is 0 Å². The number of imidazole rings is 1. The normalized spacial score (nSPS) is 13.1. The maximum atomic E-state index is 4.20. The minimum absolute atomic E-state index is 0.715. The first-order chi connectivity index (χ1) is 6.79. The lowest BCUT2D eigenvalue weighted by molar-refractivity contribution is 0.516. The van der Waals surface area contributed by atoms with Crippen LogP contribution in [-0.2, 0) is 7.05 Å². The number of aryl methyl sites for hydroxylation is 1. The smallest absolute Gasteiger partial charge is 0.0945 e. The van der Waals surface area contributed by atoms with Crippen LogP contribution in [0.15, 0.2) is 12.5 Å². The van der Waals surface area contributed by atoms with E-state index in [0.29, 0.717) is 5.92 Å². The van der Waals surface area contributed by atoms with Gasteiger partial charge in [-0.15, -0.1) is 0 Å². The van der Waals surface area contributed by atoms with Crippen molar-refractivity contribution in [2.24, 2.45) is 7.05 Å². The Morgan fingerprint density at radius 2 is 2.07 bits per heavy atom. The van der Waals surface area contributed by atoms with Gasteiger partial charge in [0.1, 0.15) is 0 Å². The highest BCUT2D eigenvalue weighted by atomic mass is 15.0. The highest BCUT2D eigenvalue weighted by molar-refractivity contribution is 5.05. The van der Waals surface area contributed by atoms with Crippen LogP contribution in [0.5, 0.6) is 0 Å². The van der Waals surface area contributed by atoms with Gasteiger partial charge in [0.25, 0.3) is 0 Å². The maximum Gasteiger partial charge on any atom is 0.0945 e. The van der Waals surface area contributed by atoms with Gasteiger partial charge in [0.05, 0.1) is 6.33 Å². The number of aromatic nitrogens is 2. The molecule has 0 aliphatic rings. The molecule has 1 heterocycles. The van der Waals surface area contributed by atoms with E-state index in [-0.39, 0.29) is 0 Å². The molecule has 0 fully saturated rings. The summed E-state index contributed by atoms with van der Waals surface area (Å²) in [5, 5.41) is 0. The van der Waals surface area contributed by atoms with Crippen LogP contribution < -0.4 is 0 Å². The summed E-state index contributed by atoms with van der Waals surface area (Å²) in [6.07, 6.45) is 10.4. The molecular weight excluding hydrogens is 172 g/mol. The van der Waals surface area contributed by atoms with Gasteiger partial charge in [0.15, 0.2) is 0 Å². The monoisotopic (exact) mass is 194 g/mol. The first kappa shape index (κ1) is 11.3. The number of hydrogen-bond donors (Lipinski definition) is 0. The number of rotatable bonds is 6. The number of unbranched alkanes of at least 4 members (excludes halogenated alkanes) is 1. The molecule has 1 rings (SSSR count). The molecule has 0 spiro atoms. The topological polar surface area (TPSA) is 17.8 Å². The summed E-state index contributed by atoms with van der Waals surface area (Å²) in [4.78, 5) is 4.20. The Morgan fingerprint density at radius 1 is 1.29 bits per heavy atom. The molecule has 80 valence electrons. The lowest BCUT2D eigenvalue weighted by Gasteiger charge is -2.16. The Hall–Kier alpha value is -0.790. The van der Waals surface area contributed by atoms with Crippen molar-refractivity contribution in [3.63, 3.8) is 0 Å². The Kier molecular flexibility index (Phi) is 4.71. The highest BCUT2D eigenvalue weighted by Crippen LogP contribution is 2.26. The second kappa shape index (κ2) is 5.84. The molecule has 0 aliphatic heterocycles. The van der Waals surface area contributed by atoms with Gasteiger partial charge >= 0.3 is 0 Å². The minimum atomic E-state index is 0.715. The minimum Gasteiger partial charge on any atom is -0.337 e. The summed E-state index contributed by atoms with van der Waals surface area (Å²) in [7, 11) is 2.09. The molecule has 0 amide bonds. The third kappa shape index (κ3) is 2.86. The molecule has 2 heteroatoms. The van der Waals surface area contributed by atoms with Crippen molar-refractivity contribution < 1.29 is 0 Å². The maximum absolute atomic E-state index is 4.20. The van der Waals surface area contributed by atoms with Gasteiger partial charge in [-0.05, 0) is 12.8 Å². The number of nitrogens with zero attached hydrogens (tertiary/aromatic N) is 2. The van der Waals surface area contributed by atoms with Crippen molar-refractivity contribution in [1.29, 1.82) is 0 Å². The Morgan fingerprint density at radius 3 is 2.57 bits per heavy atom. The molecule has 14 heavy (non-hydrogen) atoms. The quantitative estimate of drug-likeness (QED) is 0.677. The van der Waals surface area contributed by atoms with Crippen LogP contribution in [0.4, 0.5) is 0 Å². The average Bonchev–Trinajstić information content (AvgIpc) is 2.59. The molecule has 0 aromatic carbocycles. The molecule has 1 unspecified atom stereocenters. The SMILES string of the molecule is CCCCC(CCC)c1cncn1C. The van der Waals surface area contributed by atoms with Gasteiger partial charge in [0.2, 0.25) is 0 Å². The zero-order valence-electron chi connectivity index (χ0n) is 9.66. The Bertz CT molecular complexity index is 253. The van der Waals surface area contributed by atoms with Crippen molar-refractivity contribution in [3.05, 3.63) is 18.2 Å². The standard InChI is InChI=1S/C12H22N2/c1-4-6-8-11(7-5-2)12-9-13-10-14(12)3/h9-11H,4-8H2,1-3H3. The summed E-state index contributed by atoms with van der Waals surface area (Å²) >= 11 is 0. The molecule has 0 bridgehead atoms. The molecule has 0 N–H and O–H groups in total. The van der Waals surface area contributed by atoms with Gasteiger partial charge in [-0.25, -0.2) is 4.98 Å². The third-order valence-corrected chi connectivity index (χ3v) is 2.82. The molecule has 2 nitrogen and oxygen atoms in total. The zero-order chi connectivity index (χ0) is 10.4. The van der Waals surface area contributed by atoms with Crippen molar-refractivity contribution in [2.45, 2.75) is 51.9 Å². The molecule has 0 radical (unpaired) electrons.